The van der Waals surface area contributed by atoms with Gasteiger partial charge in [0.15, 0.2) is 0 Å². The normalized spacial score (nSPS) is 11.6. The van der Waals surface area contributed by atoms with Crippen molar-refractivity contribution in [3.8, 4) is 0 Å². The molecular weight excluding hydrogens is 192 g/mol. The standard InChI is InChI=1S/C11H26N2O2/c1-4-13(7-5-6-12(2)3)8-10-15-11-9-14/h14H,4-11H2,1-3H3. The smallest absolute Gasteiger partial charge is 0.0698 e. The molecule has 0 fully saturated rings. The topological polar surface area (TPSA) is 35.9 Å². The van der Waals surface area contributed by atoms with Gasteiger partial charge in [-0.2, -0.15) is 0 Å². The molecule has 0 saturated carbocycles. The molecule has 0 aliphatic rings. The van der Waals surface area contributed by atoms with Crippen molar-refractivity contribution in [3.05, 3.63) is 0 Å². The average molecular weight is 218 g/mol. The first-order valence-corrected chi connectivity index (χ1v) is 5.76. The molecule has 0 rings (SSSR count). The zero-order valence-corrected chi connectivity index (χ0v) is 10.4. The van der Waals surface area contributed by atoms with Crippen molar-refractivity contribution in [1.29, 1.82) is 0 Å². The number of rotatable bonds is 10. The van der Waals surface area contributed by atoms with Gasteiger partial charge < -0.3 is 19.6 Å². The Kier molecular flexibility index (Phi) is 10.3. The van der Waals surface area contributed by atoms with Crippen LogP contribution >= 0.6 is 0 Å². The molecule has 92 valence electrons. The molecule has 0 aromatic heterocycles. The molecule has 0 bridgehead atoms. The highest BCUT2D eigenvalue weighted by Crippen LogP contribution is 1.92. The van der Waals surface area contributed by atoms with Crippen LogP contribution in [0.1, 0.15) is 13.3 Å². The summed E-state index contributed by atoms with van der Waals surface area (Å²) in [5.41, 5.74) is 0. The monoisotopic (exact) mass is 218 g/mol. The number of hydrogen-bond donors (Lipinski definition) is 1. The summed E-state index contributed by atoms with van der Waals surface area (Å²) >= 11 is 0. The van der Waals surface area contributed by atoms with E-state index >= 15 is 0 Å². The molecular formula is C11H26N2O2. The van der Waals surface area contributed by atoms with Crippen LogP contribution in [0.25, 0.3) is 0 Å². The Balaban J connectivity index is 3.38. The molecule has 0 heterocycles. The molecule has 0 radical (unpaired) electrons. The lowest BCUT2D eigenvalue weighted by molar-refractivity contribution is 0.0740. The molecule has 15 heavy (non-hydrogen) atoms. The van der Waals surface area contributed by atoms with Crippen LogP contribution in [0.4, 0.5) is 0 Å². The third-order valence-electron chi connectivity index (χ3n) is 2.31. The van der Waals surface area contributed by atoms with Crippen LogP contribution in [0.15, 0.2) is 0 Å². The van der Waals surface area contributed by atoms with E-state index in [-0.39, 0.29) is 6.61 Å². The Labute approximate surface area is 93.8 Å². The molecule has 0 aliphatic carbocycles. The summed E-state index contributed by atoms with van der Waals surface area (Å²) in [6.07, 6.45) is 1.20. The fourth-order valence-corrected chi connectivity index (χ4v) is 1.40. The molecule has 0 atom stereocenters. The summed E-state index contributed by atoms with van der Waals surface area (Å²) in [4.78, 5) is 4.58. The number of aliphatic hydroxyl groups excluding tert-OH is 1. The lowest BCUT2D eigenvalue weighted by Crippen LogP contribution is -2.30. The predicted molar refractivity (Wildman–Crippen MR) is 63.2 cm³/mol. The zero-order chi connectivity index (χ0) is 11.5. The Hall–Kier alpha value is -0.160. The highest BCUT2D eigenvalue weighted by atomic mass is 16.5. The summed E-state index contributed by atoms with van der Waals surface area (Å²) in [6, 6.07) is 0. The Morgan fingerprint density at radius 3 is 2.33 bits per heavy atom. The van der Waals surface area contributed by atoms with Crippen molar-refractivity contribution >= 4 is 0 Å². The molecule has 0 unspecified atom stereocenters. The van der Waals surface area contributed by atoms with E-state index in [9.17, 15) is 0 Å². The molecule has 0 spiro atoms. The second-order valence-corrected chi connectivity index (χ2v) is 3.93. The molecule has 1 N–H and O–H groups in total. The lowest BCUT2D eigenvalue weighted by Gasteiger charge is -2.21. The molecule has 0 aliphatic heterocycles. The van der Waals surface area contributed by atoms with Gasteiger partial charge in [-0.3, -0.25) is 0 Å². The number of hydrogen-bond acceptors (Lipinski definition) is 4. The summed E-state index contributed by atoms with van der Waals surface area (Å²) < 4.78 is 5.24. The minimum Gasteiger partial charge on any atom is -0.394 e. The van der Waals surface area contributed by atoms with Crippen LogP contribution in [0.2, 0.25) is 0 Å². The molecule has 0 amide bonds. The predicted octanol–water partition coefficient (Wildman–Crippen LogP) is 0.269. The first kappa shape index (κ1) is 14.8. The Morgan fingerprint density at radius 2 is 1.80 bits per heavy atom. The van der Waals surface area contributed by atoms with Gasteiger partial charge in [0, 0.05) is 6.54 Å². The molecule has 0 aromatic rings. The van der Waals surface area contributed by atoms with Gasteiger partial charge in [0.1, 0.15) is 0 Å². The van der Waals surface area contributed by atoms with Crippen LogP contribution in [-0.4, -0.2) is 75.0 Å². The van der Waals surface area contributed by atoms with E-state index in [1.165, 1.54) is 6.42 Å². The first-order chi connectivity index (χ1) is 7.20. The van der Waals surface area contributed by atoms with Crippen molar-refractivity contribution in [2.45, 2.75) is 13.3 Å². The van der Waals surface area contributed by atoms with Crippen LogP contribution < -0.4 is 0 Å². The summed E-state index contributed by atoms with van der Waals surface area (Å²) in [5, 5.41) is 8.55. The molecule has 4 heteroatoms. The maximum absolute atomic E-state index is 8.55. The van der Waals surface area contributed by atoms with Crippen molar-refractivity contribution in [1.82, 2.24) is 9.80 Å². The van der Waals surface area contributed by atoms with Gasteiger partial charge in [-0.05, 0) is 40.2 Å². The van der Waals surface area contributed by atoms with Crippen molar-refractivity contribution in [3.63, 3.8) is 0 Å². The second-order valence-electron chi connectivity index (χ2n) is 3.93. The Morgan fingerprint density at radius 1 is 1.07 bits per heavy atom. The highest BCUT2D eigenvalue weighted by Gasteiger charge is 2.01. The Bertz CT molecular complexity index is 132. The average Bonchev–Trinajstić information content (AvgIpc) is 2.21. The number of nitrogens with zero attached hydrogens (tertiary/aromatic N) is 2. The fourth-order valence-electron chi connectivity index (χ4n) is 1.40. The van der Waals surface area contributed by atoms with Gasteiger partial charge in [0.05, 0.1) is 19.8 Å². The van der Waals surface area contributed by atoms with E-state index in [0.717, 1.165) is 32.8 Å². The number of aliphatic hydroxyl groups is 1. The van der Waals surface area contributed by atoms with E-state index in [0.29, 0.717) is 6.61 Å². The second kappa shape index (κ2) is 10.4. The van der Waals surface area contributed by atoms with E-state index < -0.39 is 0 Å². The zero-order valence-electron chi connectivity index (χ0n) is 10.4. The van der Waals surface area contributed by atoms with Gasteiger partial charge >= 0.3 is 0 Å². The van der Waals surface area contributed by atoms with Gasteiger partial charge in [0.2, 0.25) is 0 Å². The quantitative estimate of drug-likeness (QED) is 0.534. The van der Waals surface area contributed by atoms with E-state index in [1.54, 1.807) is 0 Å². The van der Waals surface area contributed by atoms with E-state index in [1.807, 2.05) is 0 Å². The van der Waals surface area contributed by atoms with Crippen LogP contribution in [-0.2, 0) is 4.74 Å². The van der Waals surface area contributed by atoms with Crippen LogP contribution in [0.5, 0.6) is 0 Å². The minimum atomic E-state index is 0.118. The highest BCUT2D eigenvalue weighted by molar-refractivity contribution is 4.56. The van der Waals surface area contributed by atoms with Gasteiger partial charge in [0.25, 0.3) is 0 Å². The third kappa shape index (κ3) is 10.1. The summed E-state index contributed by atoms with van der Waals surface area (Å²) in [6.45, 7) is 7.74. The largest absolute Gasteiger partial charge is 0.394 e. The van der Waals surface area contributed by atoms with Gasteiger partial charge in [-0.1, -0.05) is 6.92 Å². The molecule has 0 aromatic carbocycles. The molecule has 4 nitrogen and oxygen atoms in total. The van der Waals surface area contributed by atoms with Crippen LogP contribution in [0, 0.1) is 0 Å². The van der Waals surface area contributed by atoms with Crippen molar-refractivity contribution in [2.75, 3.05) is 60.1 Å². The third-order valence-corrected chi connectivity index (χ3v) is 2.31. The van der Waals surface area contributed by atoms with Gasteiger partial charge in [-0.25, -0.2) is 0 Å². The minimum absolute atomic E-state index is 0.118. The first-order valence-electron chi connectivity index (χ1n) is 5.76. The SMILES string of the molecule is CCN(CCCN(C)C)CCOCCO. The number of likely N-dealkylation sites (N-methyl/N-ethyl adjacent to an activating group) is 1. The molecule has 0 saturated heterocycles. The maximum atomic E-state index is 8.55. The lowest BCUT2D eigenvalue weighted by atomic mass is 10.3. The maximum Gasteiger partial charge on any atom is 0.0698 e. The van der Waals surface area contributed by atoms with Crippen molar-refractivity contribution < 1.29 is 9.84 Å². The van der Waals surface area contributed by atoms with Crippen molar-refractivity contribution in [2.24, 2.45) is 0 Å². The van der Waals surface area contributed by atoms with Gasteiger partial charge in [-0.15, -0.1) is 0 Å². The van der Waals surface area contributed by atoms with E-state index in [4.69, 9.17) is 9.84 Å². The summed E-state index contributed by atoms with van der Waals surface area (Å²) in [7, 11) is 4.20. The van der Waals surface area contributed by atoms with Crippen LogP contribution in [0.3, 0.4) is 0 Å². The summed E-state index contributed by atoms with van der Waals surface area (Å²) in [5.74, 6) is 0. The fraction of sp³-hybridized carbons (Fsp3) is 1.00. The number of ether oxygens (including phenoxy) is 1. The van der Waals surface area contributed by atoms with E-state index in [2.05, 4.69) is 30.8 Å².